The van der Waals surface area contributed by atoms with E-state index in [0.29, 0.717) is 17.8 Å². The third-order valence-corrected chi connectivity index (χ3v) is 3.21. The highest BCUT2D eigenvalue weighted by Crippen LogP contribution is 2.32. The molecule has 0 saturated carbocycles. The van der Waals surface area contributed by atoms with Crippen LogP contribution in [0, 0.1) is 17.8 Å². The van der Waals surface area contributed by atoms with Crippen LogP contribution >= 0.6 is 0 Å². The molecule has 0 amide bonds. The van der Waals surface area contributed by atoms with Gasteiger partial charge < -0.3 is 9.47 Å². The lowest BCUT2D eigenvalue weighted by molar-refractivity contribution is -0.125. The van der Waals surface area contributed by atoms with Crippen LogP contribution in [0.5, 0.6) is 0 Å². The summed E-state index contributed by atoms with van der Waals surface area (Å²) in [6.45, 7) is 13.1. The van der Waals surface area contributed by atoms with E-state index in [1.165, 1.54) is 0 Å². The summed E-state index contributed by atoms with van der Waals surface area (Å²) in [6.07, 6.45) is 0.472. The van der Waals surface area contributed by atoms with Gasteiger partial charge in [0.15, 0.2) is 6.29 Å². The van der Waals surface area contributed by atoms with Crippen molar-refractivity contribution in [3.05, 3.63) is 0 Å². The van der Waals surface area contributed by atoms with E-state index < -0.39 is 0 Å². The second kappa shape index (κ2) is 4.63. The molecule has 2 heteroatoms. The Labute approximate surface area is 88.0 Å². The maximum atomic E-state index is 5.84. The van der Waals surface area contributed by atoms with Gasteiger partial charge in [0.25, 0.3) is 0 Å². The first kappa shape index (κ1) is 12.0. The third-order valence-electron chi connectivity index (χ3n) is 3.21. The van der Waals surface area contributed by atoms with Crippen LogP contribution in [0.1, 0.15) is 41.5 Å². The fourth-order valence-electron chi connectivity index (χ4n) is 2.26. The zero-order valence-electron chi connectivity index (χ0n) is 10.3. The molecule has 84 valence electrons. The number of rotatable bonds is 3. The predicted molar refractivity (Wildman–Crippen MR) is 58.0 cm³/mol. The summed E-state index contributed by atoms with van der Waals surface area (Å²) in [5.41, 5.74) is 0. The molecular weight excluding hydrogens is 176 g/mol. The van der Waals surface area contributed by atoms with Crippen molar-refractivity contribution in [1.82, 2.24) is 0 Å². The Morgan fingerprint density at radius 1 is 0.786 bits per heavy atom. The topological polar surface area (TPSA) is 18.5 Å². The summed E-state index contributed by atoms with van der Waals surface area (Å²) in [5, 5.41) is 0. The highest BCUT2D eigenvalue weighted by molar-refractivity contribution is 4.78. The fourth-order valence-corrected chi connectivity index (χ4v) is 2.26. The lowest BCUT2D eigenvalue weighted by atomic mass is 9.85. The van der Waals surface area contributed by atoms with Crippen LogP contribution < -0.4 is 0 Å². The van der Waals surface area contributed by atoms with E-state index in [9.17, 15) is 0 Å². The van der Waals surface area contributed by atoms with Crippen molar-refractivity contribution in [3.8, 4) is 0 Å². The van der Waals surface area contributed by atoms with E-state index in [4.69, 9.17) is 9.47 Å². The Morgan fingerprint density at radius 3 is 1.43 bits per heavy atom. The van der Waals surface area contributed by atoms with Gasteiger partial charge in [-0.1, -0.05) is 27.7 Å². The molecule has 2 atom stereocenters. The van der Waals surface area contributed by atoms with Crippen molar-refractivity contribution in [2.75, 3.05) is 0 Å². The van der Waals surface area contributed by atoms with Crippen LogP contribution in [0.15, 0.2) is 0 Å². The van der Waals surface area contributed by atoms with E-state index >= 15 is 0 Å². The molecule has 1 aliphatic rings. The van der Waals surface area contributed by atoms with Crippen LogP contribution in [0.3, 0.4) is 0 Å². The SMILES string of the molecule is CC(C)C(C(C)C)C1OC(C)C(C)O1. The van der Waals surface area contributed by atoms with Gasteiger partial charge in [0, 0.05) is 5.92 Å². The molecule has 0 spiro atoms. The predicted octanol–water partition coefficient (Wildman–Crippen LogP) is 3.06. The maximum absolute atomic E-state index is 5.84. The molecule has 0 N–H and O–H groups in total. The van der Waals surface area contributed by atoms with Crippen LogP contribution in [0.25, 0.3) is 0 Å². The lowest BCUT2D eigenvalue weighted by Gasteiger charge is -2.29. The largest absolute Gasteiger partial charge is 0.347 e. The molecule has 1 aliphatic heterocycles. The zero-order valence-corrected chi connectivity index (χ0v) is 10.3. The Balaban J connectivity index is 2.62. The van der Waals surface area contributed by atoms with Crippen LogP contribution in [0.2, 0.25) is 0 Å². The molecule has 0 aromatic rings. The number of ether oxygens (including phenoxy) is 2. The molecule has 1 rings (SSSR count). The van der Waals surface area contributed by atoms with Crippen molar-refractivity contribution in [2.45, 2.75) is 60.0 Å². The van der Waals surface area contributed by atoms with E-state index in [1.54, 1.807) is 0 Å². The summed E-state index contributed by atoms with van der Waals surface area (Å²) >= 11 is 0. The third kappa shape index (κ3) is 2.48. The first-order valence-corrected chi connectivity index (χ1v) is 5.74. The quantitative estimate of drug-likeness (QED) is 0.697. The van der Waals surface area contributed by atoms with Gasteiger partial charge in [0.1, 0.15) is 0 Å². The Morgan fingerprint density at radius 2 is 1.14 bits per heavy atom. The minimum absolute atomic E-state index is 0.000000000000000222. The fraction of sp³-hybridized carbons (Fsp3) is 1.00. The minimum atomic E-state index is -0.000000000000000222. The highest BCUT2D eigenvalue weighted by atomic mass is 16.7. The second-order valence-corrected chi connectivity index (χ2v) is 5.12. The summed E-state index contributed by atoms with van der Waals surface area (Å²) in [5.74, 6) is 1.72. The van der Waals surface area contributed by atoms with Crippen LogP contribution in [-0.4, -0.2) is 18.5 Å². The second-order valence-electron chi connectivity index (χ2n) is 5.12. The van der Waals surface area contributed by atoms with Gasteiger partial charge in [-0.05, 0) is 25.7 Å². The summed E-state index contributed by atoms with van der Waals surface area (Å²) in [6, 6.07) is 0. The van der Waals surface area contributed by atoms with Gasteiger partial charge in [-0.3, -0.25) is 0 Å². The minimum Gasteiger partial charge on any atom is -0.347 e. The molecule has 0 aliphatic carbocycles. The Hall–Kier alpha value is -0.0800. The monoisotopic (exact) mass is 200 g/mol. The molecule has 1 fully saturated rings. The van der Waals surface area contributed by atoms with Gasteiger partial charge in [0.2, 0.25) is 0 Å². The van der Waals surface area contributed by atoms with Crippen molar-refractivity contribution in [1.29, 1.82) is 0 Å². The molecule has 2 unspecified atom stereocenters. The number of hydrogen-bond donors (Lipinski definition) is 0. The van der Waals surface area contributed by atoms with Crippen molar-refractivity contribution in [2.24, 2.45) is 17.8 Å². The Kier molecular flexibility index (Phi) is 3.96. The first-order chi connectivity index (χ1) is 6.43. The molecule has 1 saturated heterocycles. The van der Waals surface area contributed by atoms with E-state index in [2.05, 4.69) is 41.5 Å². The highest BCUT2D eigenvalue weighted by Gasteiger charge is 2.37. The average molecular weight is 200 g/mol. The van der Waals surface area contributed by atoms with Gasteiger partial charge in [-0.25, -0.2) is 0 Å². The van der Waals surface area contributed by atoms with Gasteiger partial charge in [0.05, 0.1) is 12.2 Å². The molecule has 0 aromatic carbocycles. The van der Waals surface area contributed by atoms with Crippen molar-refractivity contribution >= 4 is 0 Å². The summed E-state index contributed by atoms with van der Waals surface area (Å²) < 4.78 is 11.7. The van der Waals surface area contributed by atoms with Crippen molar-refractivity contribution in [3.63, 3.8) is 0 Å². The van der Waals surface area contributed by atoms with Gasteiger partial charge in [-0.15, -0.1) is 0 Å². The standard InChI is InChI=1S/C12H24O2/c1-7(2)11(8(3)4)12-13-9(5)10(6)14-12/h7-12H,1-6H3. The Bertz CT molecular complexity index is 159. The number of hydrogen-bond acceptors (Lipinski definition) is 2. The molecule has 0 bridgehead atoms. The normalized spacial score (nSPS) is 33.6. The molecular formula is C12H24O2. The molecule has 14 heavy (non-hydrogen) atoms. The van der Waals surface area contributed by atoms with E-state index in [0.717, 1.165) is 0 Å². The smallest absolute Gasteiger partial charge is 0.161 e. The van der Waals surface area contributed by atoms with Crippen LogP contribution in [-0.2, 0) is 9.47 Å². The van der Waals surface area contributed by atoms with E-state index in [-0.39, 0.29) is 18.5 Å². The van der Waals surface area contributed by atoms with Gasteiger partial charge in [-0.2, -0.15) is 0 Å². The van der Waals surface area contributed by atoms with E-state index in [1.807, 2.05) is 0 Å². The maximum Gasteiger partial charge on any atom is 0.161 e. The van der Waals surface area contributed by atoms with Gasteiger partial charge >= 0.3 is 0 Å². The van der Waals surface area contributed by atoms with Crippen molar-refractivity contribution < 1.29 is 9.47 Å². The lowest BCUT2D eigenvalue weighted by Crippen LogP contribution is -2.31. The molecule has 0 aromatic heterocycles. The first-order valence-electron chi connectivity index (χ1n) is 5.74. The molecule has 0 radical (unpaired) electrons. The van der Waals surface area contributed by atoms with Crippen LogP contribution in [0.4, 0.5) is 0 Å². The molecule has 2 nitrogen and oxygen atoms in total. The summed E-state index contributed by atoms with van der Waals surface area (Å²) in [4.78, 5) is 0. The summed E-state index contributed by atoms with van der Waals surface area (Å²) in [7, 11) is 0. The molecule has 1 heterocycles. The average Bonchev–Trinajstić information content (AvgIpc) is 2.29. The zero-order chi connectivity index (χ0) is 10.9.